The SMILES string of the molecule is Cc1ccc(P2[C@H](c3ccccc3)CC[C@H]2c2ccccc2)cc1.[B]. The number of benzene rings is 3. The van der Waals surface area contributed by atoms with Crippen molar-refractivity contribution >= 4 is 21.6 Å². The van der Waals surface area contributed by atoms with Gasteiger partial charge in [0.1, 0.15) is 0 Å². The fourth-order valence-corrected chi connectivity index (χ4v) is 7.38. The first-order chi connectivity index (χ1) is 11.8. The highest BCUT2D eigenvalue weighted by Crippen LogP contribution is 2.69. The molecule has 3 radical (unpaired) electrons. The molecular formula is C23H23BP. The molecule has 2 atom stereocenters. The molecule has 25 heavy (non-hydrogen) atoms. The Bertz CT molecular complexity index is 736. The third kappa shape index (κ3) is 3.72. The molecule has 1 fully saturated rings. The molecule has 0 amide bonds. The number of hydrogen-bond acceptors (Lipinski definition) is 0. The van der Waals surface area contributed by atoms with Gasteiger partial charge in [0.05, 0.1) is 0 Å². The Balaban J connectivity index is 0.00000182. The minimum Gasteiger partial charge on any atom is -0.0622 e. The van der Waals surface area contributed by atoms with Gasteiger partial charge in [-0.05, 0) is 36.2 Å². The van der Waals surface area contributed by atoms with Gasteiger partial charge >= 0.3 is 0 Å². The van der Waals surface area contributed by atoms with Crippen molar-refractivity contribution in [1.29, 1.82) is 0 Å². The van der Waals surface area contributed by atoms with Gasteiger partial charge in [-0.15, -0.1) is 0 Å². The number of rotatable bonds is 3. The average molecular weight is 341 g/mol. The molecule has 0 aliphatic carbocycles. The van der Waals surface area contributed by atoms with Crippen LogP contribution in [-0.4, -0.2) is 8.41 Å². The summed E-state index contributed by atoms with van der Waals surface area (Å²) in [6.45, 7) is 2.18. The van der Waals surface area contributed by atoms with E-state index in [9.17, 15) is 0 Å². The van der Waals surface area contributed by atoms with Gasteiger partial charge < -0.3 is 0 Å². The molecular weight excluding hydrogens is 318 g/mol. The fraction of sp³-hybridized carbons (Fsp3) is 0.217. The van der Waals surface area contributed by atoms with Gasteiger partial charge in [-0.25, -0.2) is 0 Å². The van der Waals surface area contributed by atoms with Crippen LogP contribution >= 0.6 is 7.92 Å². The maximum atomic E-state index is 2.37. The van der Waals surface area contributed by atoms with E-state index in [1.54, 1.807) is 5.30 Å². The van der Waals surface area contributed by atoms with Crippen molar-refractivity contribution in [3.8, 4) is 0 Å². The molecule has 1 aliphatic rings. The van der Waals surface area contributed by atoms with Gasteiger partial charge in [0.15, 0.2) is 0 Å². The van der Waals surface area contributed by atoms with Gasteiger partial charge in [-0.3, -0.25) is 0 Å². The van der Waals surface area contributed by atoms with E-state index in [4.69, 9.17) is 0 Å². The summed E-state index contributed by atoms with van der Waals surface area (Å²) in [7, 11) is -0.232. The van der Waals surface area contributed by atoms with E-state index in [0.717, 1.165) is 0 Å². The molecule has 0 nitrogen and oxygen atoms in total. The van der Waals surface area contributed by atoms with E-state index >= 15 is 0 Å². The zero-order valence-corrected chi connectivity index (χ0v) is 15.6. The second-order valence-electron chi connectivity index (χ2n) is 6.67. The van der Waals surface area contributed by atoms with E-state index in [2.05, 4.69) is 91.9 Å². The number of aryl methyl sites for hydroxylation is 1. The van der Waals surface area contributed by atoms with Crippen LogP contribution < -0.4 is 5.30 Å². The molecule has 0 unspecified atom stereocenters. The van der Waals surface area contributed by atoms with Crippen molar-refractivity contribution in [3.05, 3.63) is 102 Å². The molecule has 123 valence electrons. The quantitative estimate of drug-likeness (QED) is 0.405. The van der Waals surface area contributed by atoms with Crippen molar-refractivity contribution in [1.82, 2.24) is 0 Å². The molecule has 0 aromatic heterocycles. The Labute approximate surface area is 154 Å². The molecule has 1 saturated heterocycles. The summed E-state index contributed by atoms with van der Waals surface area (Å²) in [6, 6.07) is 31.6. The summed E-state index contributed by atoms with van der Waals surface area (Å²) in [5, 5.41) is 1.55. The van der Waals surface area contributed by atoms with Crippen molar-refractivity contribution in [2.24, 2.45) is 0 Å². The van der Waals surface area contributed by atoms with Gasteiger partial charge in [-0.1, -0.05) is 98.4 Å². The van der Waals surface area contributed by atoms with Crippen LogP contribution in [0.25, 0.3) is 0 Å². The average Bonchev–Trinajstić information content (AvgIpc) is 3.09. The fourth-order valence-electron chi connectivity index (χ4n) is 3.89. The second-order valence-corrected chi connectivity index (χ2v) is 9.25. The first-order valence-corrected chi connectivity index (χ1v) is 10.3. The van der Waals surface area contributed by atoms with E-state index in [0.29, 0.717) is 11.3 Å². The molecule has 1 aliphatic heterocycles. The van der Waals surface area contributed by atoms with E-state index in [-0.39, 0.29) is 16.3 Å². The van der Waals surface area contributed by atoms with Crippen molar-refractivity contribution < 1.29 is 0 Å². The van der Waals surface area contributed by atoms with E-state index in [1.807, 2.05) is 0 Å². The van der Waals surface area contributed by atoms with Crippen molar-refractivity contribution in [2.45, 2.75) is 31.1 Å². The van der Waals surface area contributed by atoms with Crippen LogP contribution in [0.15, 0.2) is 84.9 Å². The highest BCUT2D eigenvalue weighted by atomic mass is 31.1. The van der Waals surface area contributed by atoms with Crippen molar-refractivity contribution in [2.75, 3.05) is 0 Å². The minimum atomic E-state index is -0.232. The topological polar surface area (TPSA) is 0 Å². The molecule has 1 heterocycles. The van der Waals surface area contributed by atoms with Crippen LogP contribution in [0.1, 0.15) is 40.8 Å². The monoisotopic (exact) mass is 341 g/mol. The standard InChI is InChI=1S/C23H23P.B/c1-18-12-14-21(15-13-18)24-22(19-8-4-2-5-9-19)16-17-23(24)20-10-6-3-7-11-20;/h2-15,22-23H,16-17H2,1H3;/t22-,23-;/m0./s1. The lowest BCUT2D eigenvalue weighted by Gasteiger charge is -2.27. The van der Waals surface area contributed by atoms with E-state index in [1.165, 1.54) is 29.5 Å². The van der Waals surface area contributed by atoms with Crippen LogP contribution in [0.4, 0.5) is 0 Å². The Kier molecular flexibility index (Phi) is 5.76. The maximum absolute atomic E-state index is 2.37. The summed E-state index contributed by atoms with van der Waals surface area (Å²) in [5.41, 5.74) is 5.73. The Hall–Kier alpha value is -1.85. The predicted octanol–water partition coefficient (Wildman–Crippen LogP) is 6.00. The third-order valence-corrected chi connectivity index (χ3v) is 8.44. The molecule has 4 rings (SSSR count). The first kappa shape index (κ1) is 18.0. The Morgan fingerprint density at radius 2 is 1.08 bits per heavy atom. The zero-order chi connectivity index (χ0) is 16.4. The lowest BCUT2D eigenvalue weighted by atomic mass is 10.0. The van der Waals surface area contributed by atoms with Crippen molar-refractivity contribution in [3.63, 3.8) is 0 Å². The van der Waals surface area contributed by atoms with E-state index < -0.39 is 0 Å². The lowest BCUT2D eigenvalue weighted by Crippen LogP contribution is -2.07. The Morgan fingerprint density at radius 1 is 0.640 bits per heavy atom. The van der Waals surface area contributed by atoms with Crippen LogP contribution in [0.3, 0.4) is 0 Å². The molecule has 2 heteroatoms. The molecule has 0 bridgehead atoms. The molecule has 0 saturated carbocycles. The minimum absolute atomic E-state index is 0. The van der Waals surface area contributed by atoms with Crippen LogP contribution in [0.5, 0.6) is 0 Å². The van der Waals surface area contributed by atoms with Gasteiger partial charge in [0, 0.05) is 19.7 Å². The Morgan fingerprint density at radius 3 is 1.52 bits per heavy atom. The van der Waals surface area contributed by atoms with Gasteiger partial charge in [0.2, 0.25) is 0 Å². The predicted molar refractivity (Wildman–Crippen MR) is 111 cm³/mol. The van der Waals surface area contributed by atoms with Crippen LogP contribution in [0.2, 0.25) is 0 Å². The molecule has 0 N–H and O–H groups in total. The summed E-state index contributed by atoms with van der Waals surface area (Å²) in [4.78, 5) is 0. The second kappa shape index (κ2) is 8.02. The lowest BCUT2D eigenvalue weighted by molar-refractivity contribution is 0.765. The van der Waals surface area contributed by atoms with Crippen LogP contribution in [0, 0.1) is 6.92 Å². The summed E-state index contributed by atoms with van der Waals surface area (Å²) < 4.78 is 0. The first-order valence-electron chi connectivity index (χ1n) is 8.78. The smallest absolute Gasteiger partial charge is 0.00877 e. The summed E-state index contributed by atoms with van der Waals surface area (Å²) >= 11 is 0. The zero-order valence-electron chi connectivity index (χ0n) is 14.7. The number of hydrogen-bond donors (Lipinski definition) is 0. The largest absolute Gasteiger partial charge is 0.0622 e. The van der Waals surface area contributed by atoms with Gasteiger partial charge in [0.25, 0.3) is 0 Å². The molecule has 0 spiro atoms. The van der Waals surface area contributed by atoms with Gasteiger partial charge in [-0.2, -0.15) is 0 Å². The molecule has 3 aromatic carbocycles. The molecule has 3 aromatic rings. The highest BCUT2D eigenvalue weighted by molar-refractivity contribution is 7.66. The summed E-state index contributed by atoms with van der Waals surface area (Å²) in [6.07, 6.45) is 2.59. The normalized spacial score (nSPS) is 20.2. The maximum Gasteiger partial charge on any atom is 0.00877 e. The highest BCUT2D eigenvalue weighted by Gasteiger charge is 2.38. The third-order valence-electron chi connectivity index (χ3n) is 5.09. The summed E-state index contributed by atoms with van der Waals surface area (Å²) in [5.74, 6) is 0. The van der Waals surface area contributed by atoms with Crippen LogP contribution in [-0.2, 0) is 0 Å².